The molecule has 0 spiro atoms. The number of halogens is 1. The summed E-state index contributed by atoms with van der Waals surface area (Å²) in [5, 5.41) is 0. The highest BCUT2D eigenvalue weighted by atomic mass is 79.9. The maximum atomic E-state index is 12.9. The highest BCUT2D eigenvalue weighted by molar-refractivity contribution is 9.10. The predicted octanol–water partition coefficient (Wildman–Crippen LogP) is 4.55. The summed E-state index contributed by atoms with van der Waals surface area (Å²) in [6.07, 6.45) is 0.640. The second kappa shape index (κ2) is 7.48. The molecule has 0 radical (unpaired) electrons. The molecule has 0 aromatic heterocycles. The molecule has 0 unspecified atom stereocenters. The Kier molecular flexibility index (Phi) is 5.33. The molecule has 25 heavy (non-hydrogen) atoms. The van der Waals surface area contributed by atoms with Crippen LogP contribution >= 0.6 is 15.9 Å². The van der Waals surface area contributed by atoms with Gasteiger partial charge in [-0.1, -0.05) is 22.0 Å². The Morgan fingerprint density at radius 2 is 1.92 bits per heavy atom. The highest BCUT2D eigenvalue weighted by Gasteiger charge is 2.36. The number of carbonyl (C=O) groups is 1. The molecule has 2 aromatic rings. The molecule has 0 fully saturated rings. The normalized spacial score (nSPS) is 16.1. The number of amides is 1. The Bertz CT molecular complexity index is 791. The van der Waals surface area contributed by atoms with Crippen LogP contribution in [0.4, 0.5) is 5.69 Å². The molecule has 0 N–H and O–H groups in total. The molecule has 0 aliphatic carbocycles. The fourth-order valence-electron chi connectivity index (χ4n) is 3.36. The van der Waals surface area contributed by atoms with Crippen LogP contribution in [0.5, 0.6) is 11.5 Å². The second-order valence-electron chi connectivity index (χ2n) is 5.96. The third-order valence-electron chi connectivity index (χ3n) is 4.50. The van der Waals surface area contributed by atoms with Crippen LogP contribution in [-0.4, -0.2) is 26.2 Å². The maximum absolute atomic E-state index is 12.9. The number of fused-ring (bicyclic) bond motifs is 1. The van der Waals surface area contributed by atoms with Gasteiger partial charge in [0.1, 0.15) is 0 Å². The summed E-state index contributed by atoms with van der Waals surface area (Å²) < 4.78 is 12.0. The summed E-state index contributed by atoms with van der Waals surface area (Å²) in [5.74, 6) is 1.41. The summed E-state index contributed by atoms with van der Waals surface area (Å²) in [4.78, 5) is 14.7. The van der Waals surface area contributed by atoms with Gasteiger partial charge >= 0.3 is 0 Å². The van der Waals surface area contributed by atoms with Gasteiger partial charge in [-0.15, -0.1) is 0 Å². The number of hydrogen-bond donors (Lipinski definition) is 0. The SMILES string of the molecule is CCOc1ccc(C[C@@H]2C(=O)N(CC)c3ccc(Br)cc32)cc1OC. The van der Waals surface area contributed by atoms with Crippen molar-refractivity contribution >= 4 is 27.5 Å². The van der Waals surface area contributed by atoms with Crippen molar-refractivity contribution in [3.05, 3.63) is 52.0 Å². The lowest BCUT2D eigenvalue weighted by Crippen LogP contribution is -2.29. The minimum absolute atomic E-state index is 0.156. The monoisotopic (exact) mass is 403 g/mol. The molecule has 1 atom stereocenters. The first-order chi connectivity index (χ1) is 12.1. The second-order valence-corrected chi connectivity index (χ2v) is 6.88. The van der Waals surface area contributed by atoms with Crippen LogP contribution in [0.15, 0.2) is 40.9 Å². The molecule has 1 amide bonds. The molecule has 0 saturated carbocycles. The number of likely N-dealkylation sites (N-methyl/N-ethyl adjacent to an activating group) is 1. The van der Waals surface area contributed by atoms with E-state index in [2.05, 4.69) is 22.0 Å². The highest BCUT2D eigenvalue weighted by Crippen LogP contribution is 2.41. The van der Waals surface area contributed by atoms with Crippen molar-refractivity contribution < 1.29 is 14.3 Å². The third-order valence-corrected chi connectivity index (χ3v) is 5.00. The van der Waals surface area contributed by atoms with Gasteiger partial charge in [-0.2, -0.15) is 0 Å². The first kappa shape index (κ1) is 17.8. The van der Waals surface area contributed by atoms with Gasteiger partial charge in [0.05, 0.1) is 19.6 Å². The van der Waals surface area contributed by atoms with E-state index in [9.17, 15) is 4.79 Å². The van der Waals surface area contributed by atoms with E-state index in [0.717, 1.165) is 27.0 Å². The van der Waals surface area contributed by atoms with E-state index in [4.69, 9.17) is 9.47 Å². The van der Waals surface area contributed by atoms with E-state index in [1.807, 2.05) is 49.1 Å². The zero-order chi connectivity index (χ0) is 18.0. The van der Waals surface area contributed by atoms with Crippen LogP contribution < -0.4 is 14.4 Å². The van der Waals surface area contributed by atoms with Crippen LogP contribution in [0.3, 0.4) is 0 Å². The van der Waals surface area contributed by atoms with Crippen molar-refractivity contribution in [2.75, 3.05) is 25.2 Å². The summed E-state index contributed by atoms with van der Waals surface area (Å²) >= 11 is 3.52. The molecule has 5 heteroatoms. The Labute approximate surface area is 156 Å². The number of carbonyl (C=O) groups excluding carboxylic acids is 1. The first-order valence-corrected chi connectivity index (χ1v) is 9.28. The van der Waals surface area contributed by atoms with E-state index < -0.39 is 0 Å². The Hall–Kier alpha value is -2.01. The molecular formula is C20H22BrNO3. The number of methoxy groups -OCH3 is 1. The smallest absolute Gasteiger partial charge is 0.234 e. The standard InChI is InChI=1S/C20H22BrNO3/c1-4-22-17-8-7-14(21)12-15(17)16(20(22)23)10-13-6-9-18(25-5-2)19(11-13)24-3/h6-9,11-12,16H,4-5,10H2,1-3H3/t16-/m0/s1. The van der Waals surface area contributed by atoms with Crippen LogP contribution in [0, 0.1) is 0 Å². The maximum Gasteiger partial charge on any atom is 0.234 e. The van der Waals surface area contributed by atoms with Gasteiger partial charge in [-0.3, -0.25) is 4.79 Å². The van der Waals surface area contributed by atoms with Crippen molar-refractivity contribution in [3.8, 4) is 11.5 Å². The fraction of sp³-hybridized carbons (Fsp3) is 0.350. The van der Waals surface area contributed by atoms with Crippen LogP contribution in [-0.2, 0) is 11.2 Å². The average Bonchev–Trinajstić information content (AvgIpc) is 2.87. The lowest BCUT2D eigenvalue weighted by molar-refractivity contribution is -0.119. The van der Waals surface area contributed by atoms with E-state index in [1.165, 1.54) is 0 Å². The Balaban J connectivity index is 1.93. The number of benzene rings is 2. The molecule has 132 valence electrons. The van der Waals surface area contributed by atoms with E-state index in [1.54, 1.807) is 7.11 Å². The van der Waals surface area contributed by atoms with Gasteiger partial charge in [0.2, 0.25) is 5.91 Å². The molecule has 0 bridgehead atoms. The number of hydrogen-bond acceptors (Lipinski definition) is 3. The van der Waals surface area contributed by atoms with Crippen molar-refractivity contribution in [2.45, 2.75) is 26.2 Å². The number of rotatable bonds is 6. The van der Waals surface area contributed by atoms with E-state index >= 15 is 0 Å². The fourth-order valence-corrected chi connectivity index (χ4v) is 3.74. The molecule has 0 saturated heterocycles. The van der Waals surface area contributed by atoms with Gasteiger partial charge in [-0.05, 0) is 61.7 Å². The van der Waals surface area contributed by atoms with Crippen molar-refractivity contribution in [3.63, 3.8) is 0 Å². The predicted molar refractivity (Wildman–Crippen MR) is 103 cm³/mol. The van der Waals surface area contributed by atoms with Crippen LogP contribution in [0.1, 0.15) is 30.9 Å². The molecule has 4 nitrogen and oxygen atoms in total. The van der Waals surface area contributed by atoms with Gasteiger partial charge in [0, 0.05) is 16.7 Å². The van der Waals surface area contributed by atoms with Gasteiger partial charge in [0.25, 0.3) is 0 Å². The molecule has 1 aliphatic rings. The summed E-state index contributed by atoms with van der Waals surface area (Å²) in [5.41, 5.74) is 3.15. The third kappa shape index (κ3) is 3.38. The van der Waals surface area contributed by atoms with Crippen molar-refractivity contribution in [2.24, 2.45) is 0 Å². The number of ether oxygens (including phenoxy) is 2. The van der Waals surface area contributed by atoms with Gasteiger partial charge in [0.15, 0.2) is 11.5 Å². The molecule has 2 aromatic carbocycles. The quantitative estimate of drug-likeness (QED) is 0.709. The minimum Gasteiger partial charge on any atom is -0.493 e. The zero-order valence-electron chi connectivity index (χ0n) is 14.7. The van der Waals surface area contributed by atoms with Crippen molar-refractivity contribution in [1.82, 2.24) is 0 Å². The summed E-state index contributed by atoms with van der Waals surface area (Å²) in [6.45, 7) is 5.21. The minimum atomic E-state index is -0.171. The van der Waals surface area contributed by atoms with E-state index in [-0.39, 0.29) is 11.8 Å². The number of nitrogens with zero attached hydrogens (tertiary/aromatic N) is 1. The van der Waals surface area contributed by atoms with Crippen molar-refractivity contribution in [1.29, 1.82) is 0 Å². The summed E-state index contributed by atoms with van der Waals surface area (Å²) in [6, 6.07) is 11.9. The number of anilines is 1. The topological polar surface area (TPSA) is 38.8 Å². The van der Waals surface area contributed by atoms with E-state index in [0.29, 0.717) is 25.3 Å². The molecule has 1 aliphatic heterocycles. The van der Waals surface area contributed by atoms with Crippen LogP contribution in [0.2, 0.25) is 0 Å². The molecule has 1 heterocycles. The van der Waals surface area contributed by atoms with Gasteiger partial charge in [-0.25, -0.2) is 0 Å². The van der Waals surface area contributed by atoms with Gasteiger partial charge < -0.3 is 14.4 Å². The first-order valence-electron chi connectivity index (χ1n) is 8.49. The summed E-state index contributed by atoms with van der Waals surface area (Å²) in [7, 11) is 1.63. The zero-order valence-corrected chi connectivity index (χ0v) is 16.3. The Morgan fingerprint density at radius 1 is 1.12 bits per heavy atom. The average molecular weight is 404 g/mol. The lowest BCUT2D eigenvalue weighted by atomic mass is 9.93. The molecule has 3 rings (SSSR count). The lowest BCUT2D eigenvalue weighted by Gasteiger charge is -2.16. The Morgan fingerprint density at radius 3 is 2.60 bits per heavy atom. The molecular weight excluding hydrogens is 382 g/mol. The van der Waals surface area contributed by atoms with Crippen LogP contribution in [0.25, 0.3) is 0 Å². The largest absolute Gasteiger partial charge is 0.493 e.